The topological polar surface area (TPSA) is 39.9 Å². The number of aryl methyl sites for hydroxylation is 1. The third kappa shape index (κ3) is 3.01. The molecule has 0 fully saturated rings. The number of alkyl halides is 1. The summed E-state index contributed by atoms with van der Waals surface area (Å²) in [7, 11) is 1.65. The standard InChI is InChI=1S/C13H15BrFN3O/c1-9-7-10(3-4-11(9)15)13-17-16-12(8-14)18(13)5-6-19-2/h3-4,7H,5-6,8H2,1-2H3. The Labute approximate surface area is 119 Å². The Kier molecular flexibility index (Phi) is 4.66. The molecule has 4 nitrogen and oxygen atoms in total. The second-order valence-electron chi connectivity index (χ2n) is 4.18. The lowest BCUT2D eigenvalue weighted by molar-refractivity contribution is 0.187. The number of aromatic nitrogens is 3. The van der Waals surface area contributed by atoms with Crippen molar-refractivity contribution >= 4 is 15.9 Å². The molecule has 0 aliphatic rings. The predicted octanol–water partition coefficient (Wildman–Crippen LogP) is 2.93. The number of ether oxygens (including phenoxy) is 1. The van der Waals surface area contributed by atoms with Crippen LogP contribution < -0.4 is 0 Å². The van der Waals surface area contributed by atoms with E-state index in [9.17, 15) is 4.39 Å². The molecule has 0 saturated heterocycles. The lowest BCUT2D eigenvalue weighted by Crippen LogP contribution is -2.09. The molecule has 2 aromatic rings. The van der Waals surface area contributed by atoms with E-state index in [2.05, 4.69) is 26.1 Å². The van der Waals surface area contributed by atoms with E-state index in [1.165, 1.54) is 6.07 Å². The highest BCUT2D eigenvalue weighted by Gasteiger charge is 2.13. The van der Waals surface area contributed by atoms with Crippen molar-refractivity contribution in [2.45, 2.75) is 18.8 Å². The third-order valence-electron chi connectivity index (χ3n) is 2.88. The highest BCUT2D eigenvalue weighted by molar-refractivity contribution is 9.08. The van der Waals surface area contributed by atoms with E-state index in [1.54, 1.807) is 26.2 Å². The van der Waals surface area contributed by atoms with Gasteiger partial charge in [0, 0.05) is 19.2 Å². The van der Waals surface area contributed by atoms with Crippen LogP contribution in [-0.2, 0) is 16.6 Å². The molecule has 0 amide bonds. The Morgan fingerprint density at radius 3 is 2.79 bits per heavy atom. The number of rotatable bonds is 5. The van der Waals surface area contributed by atoms with Gasteiger partial charge in [0.1, 0.15) is 11.6 Å². The molecule has 6 heteroatoms. The first-order chi connectivity index (χ1) is 9.17. The van der Waals surface area contributed by atoms with Crippen LogP contribution in [0, 0.1) is 12.7 Å². The van der Waals surface area contributed by atoms with E-state index < -0.39 is 0 Å². The van der Waals surface area contributed by atoms with Crippen LogP contribution in [0.15, 0.2) is 18.2 Å². The SMILES string of the molecule is COCCn1c(CBr)nnc1-c1ccc(F)c(C)c1. The van der Waals surface area contributed by atoms with E-state index in [4.69, 9.17) is 4.74 Å². The highest BCUT2D eigenvalue weighted by atomic mass is 79.9. The lowest BCUT2D eigenvalue weighted by atomic mass is 10.1. The quantitative estimate of drug-likeness (QED) is 0.793. The van der Waals surface area contributed by atoms with Crippen LogP contribution in [0.25, 0.3) is 11.4 Å². The first-order valence-corrected chi connectivity index (χ1v) is 7.03. The van der Waals surface area contributed by atoms with Gasteiger partial charge < -0.3 is 9.30 Å². The fourth-order valence-corrected chi connectivity index (χ4v) is 2.26. The van der Waals surface area contributed by atoms with Crippen LogP contribution in [0.3, 0.4) is 0 Å². The Bertz CT molecular complexity index is 571. The van der Waals surface area contributed by atoms with Crippen molar-refractivity contribution in [3.8, 4) is 11.4 Å². The monoisotopic (exact) mass is 327 g/mol. The van der Waals surface area contributed by atoms with Crippen LogP contribution in [0.5, 0.6) is 0 Å². The smallest absolute Gasteiger partial charge is 0.164 e. The summed E-state index contributed by atoms with van der Waals surface area (Å²) >= 11 is 3.39. The van der Waals surface area contributed by atoms with Crippen LogP contribution in [0.1, 0.15) is 11.4 Å². The number of hydrogen-bond donors (Lipinski definition) is 0. The molecule has 0 radical (unpaired) electrons. The van der Waals surface area contributed by atoms with Gasteiger partial charge in [-0.1, -0.05) is 15.9 Å². The van der Waals surface area contributed by atoms with Crippen LogP contribution in [-0.4, -0.2) is 28.5 Å². The predicted molar refractivity (Wildman–Crippen MR) is 74.7 cm³/mol. The molecule has 1 aromatic carbocycles. The van der Waals surface area contributed by atoms with Gasteiger partial charge in [-0.05, 0) is 30.7 Å². The molecule has 102 valence electrons. The number of benzene rings is 1. The molecular formula is C13H15BrFN3O. The maximum absolute atomic E-state index is 13.3. The summed E-state index contributed by atoms with van der Waals surface area (Å²) in [5.74, 6) is 1.34. The van der Waals surface area contributed by atoms with E-state index >= 15 is 0 Å². The van der Waals surface area contributed by atoms with Gasteiger partial charge in [0.2, 0.25) is 0 Å². The van der Waals surface area contributed by atoms with Crippen molar-refractivity contribution in [3.05, 3.63) is 35.4 Å². The Morgan fingerprint density at radius 1 is 1.37 bits per heavy atom. The second kappa shape index (κ2) is 6.25. The van der Waals surface area contributed by atoms with Gasteiger partial charge in [0.05, 0.1) is 11.9 Å². The van der Waals surface area contributed by atoms with E-state index in [-0.39, 0.29) is 5.82 Å². The molecule has 19 heavy (non-hydrogen) atoms. The summed E-state index contributed by atoms with van der Waals surface area (Å²) in [6.07, 6.45) is 0. The lowest BCUT2D eigenvalue weighted by Gasteiger charge is -2.09. The molecule has 0 spiro atoms. The van der Waals surface area contributed by atoms with Gasteiger partial charge in [-0.3, -0.25) is 0 Å². The molecule has 0 unspecified atom stereocenters. The Morgan fingerprint density at radius 2 is 2.16 bits per heavy atom. The summed E-state index contributed by atoms with van der Waals surface area (Å²) in [5.41, 5.74) is 1.45. The summed E-state index contributed by atoms with van der Waals surface area (Å²) in [6, 6.07) is 4.95. The van der Waals surface area contributed by atoms with Crippen LogP contribution in [0.2, 0.25) is 0 Å². The van der Waals surface area contributed by atoms with Gasteiger partial charge in [0.15, 0.2) is 5.82 Å². The fraction of sp³-hybridized carbons (Fsp3) is 0.385. The minimum Gasteiger partial charge on any atom is -0.383 e. The summed E-state index contributed by atoms with van der Waals surface area (Å²) < 4.78 is 20.4. The van der Waals surface area contributed by atoms with Crippen molar-refractivity contribution < 1.29 is 9.13 Å². The number of methoxy groups -OCH3 is 1. The Hall–Kier alpha value is -1.27. The van der Waals surface area contributed by atoms with Crippen molar-refractivity contribution in [2.75, 3.05) is 13.7 Å². The first kappa shape index (κ1) is 14.1. The van der Waals surface area contributed by atoms with Crippen molar-refractivity contribution in [3.63, 3.8) is 0 Å². The number of hydrogen-bond acceptors (Lipinski definition) is 3. The summed E-state index contributed by atoms with van der Waals surface area (Å²) in [6.45, 7) is 2.97. The molecule has 1 heterocycles. The van der Waals surface area contributed by atoms with Gasteiger partial charge in [0.25, 0.3) is 0 Å². The maximum Gasteiger partial charge on any atom is 0.164 e. The molecule has 0 atom stereocenters. The molecule has 1 aromatic heterocycles. The van der Waals surface area contributed by atoms with Crippen molar-refractivity contribution in [1.82, 2.24) is 14.8 Å². The maximum atomic E-state index is 13.3. The van der Waals surface area contributed by atoms with Gasteiger partial charge in [-0.2, -0.15) is 0 Å². The minimum absolute atomic E-state index is 0.215. The van der Waals surface area contributed by atoms with Crippen molar-refractivity contribution in [1.29, 1.82) is 0 Å². The fourth-order valence-electron chi connectivity index (χ4n) is 1.85. The van der Waals surface area contributed by atoms with Crippen molar-refractivity contribution in [2.24, 2.45) is 0 Å². The van der Waals surface area contributed by atoms with Gasteiger partial charge in [-0.15, -0.1) is 10.2 Å². The zero-order valence-corrected chi connectivity index (χ0v) is 12.4. The molecule has 0 aliphatic heterocycles. The minimum atomic E-state index is -0.215. The van der Waals surface area contributed by atoms with E-state index in [0.29, 0.717) is 24.0 Å². The number of halogens is 2. The zero-order chi connectivity index (χ0) is 13.8. The summed E-state index contributed by atoms with van der Waals surface area (Å²) in [4.78, 5) is 0. The average molecular weight is 328 g/mol. The second-order valence-corrected chi connectivity index (χ2v) is 4.74. The molecular weight excluding hydrogens is 313 g/mol. The van der Waals surface area contributed by atoms with E-state index in [0.717, 1.165) is 17.2 Å². The van der Waals surface area contributed by atoms with Crippen LogP contribution >= 0.6 is 15.9 Å². The third-order valence-corrected chi connectivity index (χ3v) is 3.38. The first-order valence-electron chi connectivity index (χ1n) is 5.91. The zero-order valence-electron chi connectivity index (χ0n) is 10.9. The molecule has 2 rings (SSSR count). The van der Waals surface area contributed by atoms with Crippen LogP contribution in [0.4, 0.5) is 4.39 Å². The molecule has 0 N–H and O–H groups in total. The molecule has 0 aliphatic carbocycles. The van der Waals surface area contributed by atoms with Gasteiger partial charge in [-0.25, -0.2) is 4.39 Å². The molecule has 0 saturated carbocycles. The Balaban J connectivity index is 2.42. The van der Waals surface area contributed by atoms with Gasteiger partial charge >= 0.3 is 0 Å². The average Bonchev–Trinajstić information content (AvgIpc) is 2.82. The number of nitrogens with zero attached hydrogens (tertiary/aromatic N) is 3. The largest absolute Gasteiger partial charge is 0.383 e. The molecule has 0 bridgehead atoms. The normalized spacial score (nSPS) is 10.9. The van der Waals surface area contributed by atoms with E-state index in [1.807, 2.05) is 4.57 Å². The highest BCUT2D eigenvalue weighted by Crippen LogP contribution is 2.22. The summed E-state index contributed by atoms with van der Waals surface area (Å²) in [5, 5.41) is 8.93.